The van der Waals surface area contributed by atoms with Crippen LogP contribution in [-0.2, 0) is 0 Å². The van der Waals surface area contributed by atoms with Crippen molar-refractivity contribution in [1.82, 2.24) is 4.98 Å². The Morgan fingerprint density at radius 3 is 2.80 bits per heavy atom. The van der Waals surface area contributed by atoms with Gasteiger partial charge in [0.25, 0.3) is 0 Å². The third kappa shape index (κ3) is 2.20. The topological polar surface area (TPSA) is 50.9 Å². The number of nitrogen functional groups attached to an aromatic ring is 1. The lowest BCUT2D eigenvalue weighted by atomic mass is 10.1. The van der Waals surface area contributed by atoms with Crippen LogP contribution in [0.5, 0.6) is 0 Å². The number of halogens is 1. The Morgan fingerprint density at radius 1 is 1.25 bits per heavy atom. The van der Waals surface area contributed by atoms with Crippen molar-refractivity contribution in [3.05, 3.63) is 46.7 Å². The SMILES string of the molecule is Cc1nc2cc(Nc3c(C)cccc3F)c(N)cc2s1. The number of para-hydroxylation sites is 1. The molecule has 1 aromatic heterocycles. The molecule has 0 unspecified atom stereocenters. The van der Waals surface area contributed by atoms with Crippen LogP contribution in [-0.4, -0.2) is 4.98 Å². The molecule has 3 N–H and O–H groups in total. The van der Waals surface area contributed by atoms with Gasteiger partial charge in [-0.1, -0.05) is 12.1 Å². The molecule has 3 nitrogen and oxygen atoms in total. The molecule has 0 aliphatic rings. The van der Waals surface area contributed by atoms with Crippen LogP contribution in [0.2, 0.25) is 0 Å². The predicted octanol–water partition coefficient (Wildman–Crippen LogP) is 4.38. The lowest BCUT2D eigenvalue weighted by Crippen LogP contribution is -2.00. The average Bonchev–Trinajstić information content (AvgIpc) is 2.73. The molecule has 0 atom stereocenters. The number of thiazole rings is 1. The van der Waals surface area contributed by atoms with Crippen LogP contribution in [0, 0.1) is 19.7 Å². The van der Waals surface area contributed by atoms with Gasteiger partial charge in [-0.2, -0.15) is 0 Å². The first-order valence-electron chi connectivity index (χ1n) is 6.23. The van der Waals surface area contributed by atoms with Gasteiger partial charge in [-0.3, -0.25) is 0 Å². The number of fused-ring (bicyclic) bond motifs is 1. The third-order valence-corrected chi connectivity index (χ3v) is 4.08. The quantitative estimate of drug-likeness (QED) is 0.688. The highest BCUT2D eigenvalue weighted by Crippen LogP contribution is 2.33. The first-order valence-corrected chi connectivity index (χ1v) is 7.05. The van der Waals surface area contributed by atoms with Gasteiger partial charge < -0.3 is 11.1 Å². The molecule has 0 saturated carbocycles. The van der Waals surface area contributed by atoms with Crippen LogP contribution in [0.4, 0.5) is 21.5 Å². The van der Waals surface area contributed by atoms with Crippen molar-refractivity contribution in [2.24, 2.45) is 0 Å². The second-order valence-corrected chi connectivity index (χ2v) is 5.93. The van der Waals surface area contributed by atoms with Crippen molar-refractivity contribution < 1.29 is 4.39 Å². The minimum atomic E-state index is -0.293. The number of benzene rings is 2. The second-order valence-electron chi connectivity index (χ2n) is 4.70. The normalized spacial score (nSPS) is 10.9. The fourth-order valence-electron chi connectivity index (χ4n) is 2.14. The summed E-state index contributed by atoms with van der Waals surface area (Å²) in [6.45, 7) is 3.81. The van der Waals surface area contributed by atoms with E-state index in [0.717, 1.165) is 20.8 Å². The van der Waals surface area contributed by atoms with Crippen LogP contribution < -0.4 is 11.1 Å². The molecular formula is C15H14FN3S. The molecule has 0 aliphatic heterocycles. The van der Waals surface area contributed by atoms with Gasteiger partial charge in [0.2, 0.25) is 0 Å². The Kier molecular flexibility index (Phi) is 3.06. The van der Waals surface area contributed by atoms with E-state index in [-0.39, 0.29) is 5.82 Å². The zero-order valence-corrected chi connectivity index (χ0v) is 12.0. The summed E-state index contributed by atoms with van der Waals surface area (Å²) in [5, 5.41) is 4.06. The lowest BCUT2D eigenvalue weighted by molar-refractivity contribution is 0.631. The van der Waals surface area contributed by atoms with Gasteiger partial charge in [0.1, 0.15) is 5.82 Å². The van der Waals surface area contributed by atoms with Crippen LogP contribution in [0.25, 0.3) is 10.2 Å². The number of nitrogens with zero attached hydrogens (tertiary/aromatic N) is 1. The molecule has 3 aromatic rings. The summed E-state index contributed by atoms with van der Waals surface area (Å²) in [6, 6.07) is 8.70. The number of anilines is 3. The van der Waals surface area contributed by atoms with Crippen LogP contribution >= 0.6 is 11.3 Å². The molecule has 2 aromatic carbocycles. The van der Waals surface area contributed by atoms with Crippen molar-refractivity contribution >= 4 is 38.6 Å². The van der Waals surface area contributed by atoms with Gasteiger partial charge in [-0.05, 0) is 37.6 Å². The number of aromatic nitrogens is 1. The molecule has 0 bridgehead atoms. The summed E-state index contributed by atoms with van der Waals surface area (Å²) in [6.07, 6.45) is 0. The fraction of sp³-hybridized carbons (Fsp3) is 0.133. The Morgan fingerprint density at radius 2 is 2.05 bits per heavy atom. The van der Waals surface area contributed by atoms with Gasteiger partial charge in [-0.25, -0.2) is 9.37 Å². The zero-order valence-electron chi connectivity index (χ0n) is 11.2. The Bertz CT molecular complexity index is 775. The maximum absolute atomic E-state index is 13.9. The third-order valence-electron chi connectivity index (χ3n) is 3.15. The summed E-state index contributed by atoms with van der Waals surface area (Å²) in [4.78, 5) is 4.43. The van der Waals surface area contributed by atoms with E-state index in [1.54, 1.807) is 17.4 Å². The highest BCUT2D eigenvalue weighted by atomic mass is 32.1. The van der Waals surface area contributed by atoms with Crippen molar-refractivity contribution in [2.45, 2.75) is 13.8 Å². The van der Waals surface area contributed by atoms with Crippen LogP contribution in [0.15, 0.2) is 30.3 Å². The maximum Gasteiger partial charge on any atom is 0.146 e. The van der Waals surface area contributed by atoms with E-state index >= 15 is 0 Å². The number of nitrogens with two attached hydrogens (primary N) is 1. The van der Waals surface area contributed by atoms with Crippen molar-refractivity contribution in [2.75, 3.05) is 11.1 Å². The molecule has 0 radical (unpaired) electrons. The van der Waals surface area contributed by atoms with Gasteiger partial charge in [0.05, 0.1) is 32.3 Å². The van der Waals surface area contributed by atoms with Gasteiger partial charge in [-0.15, -0.1) is 11.3 Å². The van der Waals surface area contributed by atoms with E-state index < -0.39 is 0 Å². The second kappa shape index (κ2) is 4.76. The van der Waals surface area contributed by atoms with E-state index in [1.165, 1.54) is 6.07 Å². The molecule has 102 valence electrons. The molecule has 5 heteroatoms. The Balaban J connectivity index is 2.08. The molecule has 0 spiro atoms. The summed E-state index contributed by atoms with van der Waals surface area (Å²) in [5.41, 5.74) is 9.46. The number of nitrogens with one attached hydrogen (secondary N) is 1. The molecule has 0 fully saturated rings. The molecule has 0 saturated heterocycles. The molecule has 0 amide bonds. The summed E-state index contributed by atoms with van der Waals surface area (Å²) in [7, 11) is 0. The zero-order chi connectivity index (χ0) is 14.3. The largest absolute Gasteiger partial charge is 0.397 e. The van der Waals surface area contributed by atoms with E-state index in [9.17, 15) is 4.39 Å². The molecule has 1 heterocycles. The summed E-state index contributed by atoms with van der Waals surface area (Å²) >= 11 is 1.59. The minimum Gasteiger partial charge on any atom is -0.397 e. The van der Waals surface area contributed by atoms with E-state index in [4.69, 9.17) is 5.73 Å². The lowest BCUT2D eigenvalue weighted by Gasteiger charge is -2.12. The molecule has 0 aliphatic carbocycles. The van der Waals surface area contributed by atoms with Crippen molar-refractivity contribution in [1.29, 1.82) is 0 Å². The summed E-state index contributed by atoms with van der Waals surface area (Å²) < 4.78 is 14.9. The number of hydrogen-bond acceptors (Lipinski definition) is 4. The first kappa shape index (κ1) is 12.9. The smallest absolute Gasteiger partial charge is 0.146 e. The van der Waals surface area contributed by atoms with Crippen molar-refractivity contribution in [3.63, 3.8) is 0 Å². The van der Waals surface area contributed by atoms with E-state index in [1.807, 2.05) is 32.0 Å². The van der Waals surface area contributed by atoms with E-state index in [2.05, 4.69) is 10.3 Å². The highest BCUT2D eigenvalue weighted by Gasteiger charge is 2.10. The standard InChI is InChI=1S/C15H14FN3S/c1-8-4-3-5-10(16)15(8)19-12-7-13-14(6-11(12)17)20-9(2)18-13/h3-7,19H,17H2,1-2H3. The van der Waals surface area contributed by atoms with Gasteiger partial charge in [0.15, 0.2) is 0 Å². The summed E-state index contributed by atoms with van der Waals surface area (Å²) in [5.74, 6) is -0.293. The Hall–Kier alpha value is -2.14. The van der Waals surface area contributed by atoms with E-state index in [0.29, 0.717) is 17.1 Å². The Labute approximate surface area is 120 Å². The first-order chi connectivity index (χ1) is 9.54. The van der Waals surface area contributed by atoms with Gasteiger partial charge in [0, 0.05) is 0 Å². The minimum absolute atomic E-state index is 0.293. The molecular weight excluding hydrogens is 273 g/mol. The van der Waals surface area contributed by atoms with Crippen molar-refractivity contribution in [3.8, 4) is 0 Å². The maximum atomic E-state index is 13.9. The number of hydrogen-bond donors (Lipinski definition) is 2. The van der Waals surface area contributed by atoms with Gasteiger partial charge >= 0.3 is 0 Å². The monoisotopic (exact) mass is 287 g/mol. The van der Waals surface area contributed by atoms with Crippen LogP contribution in [0.3, 0.4) is 0 Å². The fourth-order valence-corrected chi connectivity index (χ4v) is 3.00. The highest BCUT2D eigenvalue weighted by molar-refractivity contribution is 7.18. The molecule has 20 heavy (non-hydrogen) atoms. The number of aryl methyl sites for hydroxylation is 2. The predicted molar refractivity (Wildman–Crippen MR) is 83.2 cm³/mol. The van der Waals surface area contributed by atoms with Crippen LogP contribution in [0.1, 0.15) is 10.6 Å². The molecule has 3 rings (SSSR count). The average molecular weight is 287 g/mol. The number of rotatable bonds is 2.